The molecule has 1 amide bonds. The van der Waals surface area contributed by atoms with Gasteiger partial charge in [-0.2, -0.15) is 5.26 Å². The Morgan fingerprint density at radius 1 is 1.09 bits per heavy atom. The third-order valence-electron chi connectivity index (χ3n) is 10.3. The van der Waals surface area contributed by atoms with Gasteiger partial charge in [0.05, 0.1) is 16.3 Å². The molecule has 1 aromatic carbocycles. The number of aliphatic hydroxyl groups is 1. The molecule has 1 atom stereocenters. The number of benzene rings is 1. The molecule has 4 aliphatic rings. The first-order valence-corrected chi connectivity index (χ1v) is 17.0. The number of piperidine rings is 1. The summed E-state index contributed by atoms with van der Waals surface area (Å²) in [6.07, 6.45) is 0.805. The maximum Gasteiger partial charge on any atom is 0.410 e. The number of hydrogen-bond donors (Lipinski definition) is 1. The van der Waals surface area contributed by atoms with Crippen molar-refractivity contribution in [3.63, 3.8) is 0 Å². The summed E-state index contributed by atoms with van der Waals surface area (Å²) in [5.41, 5.74) is 1.81. The van der Waals surface area contributed by atoms with Gasteiger partial charge in [-0.15, -0.1) is 0 Å². The fraction of sp³-hybridized carbons (Fsp3) is 0.595. The van der Waals surface area contributed by atoms with E-state index in [0.29, 0.717) is 34.8 Å². The molecule has 9 nitrogen and oxygen atoms in total. The number of ether oxygens (including phenoxy) is 2. The summed E-state index contributed by atoms with van der Waals surface area (Å²) in [7, 11) is 0. The molecule has 3 fully saturated rings. The number of carbonyl (C=O) groups is 1. The largest absolute Gasteiger partial charge is 0.489 e. The highest BCUT2D eigenvalue weighted by atomic mass is 35.5. The van der Waals surface area contributed by atoms with Crippen LogP contribution in [0, 0.1) is 39.9 Å². The van der Waals surface area contributed by atoms with E-state index >= 15 is 0 Å². The lowest BCUT2D eigenvalue weighted by Crippen LogP contribution is -2.74. The lowest BCUT2D eigenvalue weighted by molar-refractivity contribution is -0.235. The normalized spacial score (nSPS) is 25.9. The lowest BCUT2D eigenvalue weighted by Gasteiger charge is -2.66. The Labute approximate surface area is 283 Å². The second kappa shape index (κ2) is 12.3. The molecule has 1 N–H and O–H groups in total. The van der Waals surface area contributed by atoms with Gasteiger partial charge in [-0.25, -0.2) is 9.78 Å². The highest BCUT2D eigenvalue weighted by Gasteiger charge is 2.66. The van der Waals surface area contributed by atoms with Crippen molar-refractivity contribution in [3.8, 4) is 23.7 Å². The van der Waals surface area contributed by atoms with Crippen LogP contribution >= 0.6 is 11.6 Å². The predicted molar refractivity (Wildman–Crippen MR) is 179 cm³/mol. The van der Waals surface area contributed by atoms with Crippen molar-refractivity contribution in [3.05, 3.63) is 57.9 Å². The van der Waals surface area contributed by atoms with E-state index in [1.54, 1.807) is 18.2 Å². The van der Waals surface area contributed by atoms with Crippen molar-refractivity contribution in [2.24, 2.45) is 16.7 Å². The van der Waals surface area contributed by atoms with E-state index in [9.17, 15) is 15.2 Å². The van der Waals surface area contributed by atoms with Crippen LogP contribution in [0.1, 0.15) is 90.1 Å². The van der Waals surface area contributed by atoms with Crippen LogP contribution in [0.15, 0.2) is 30.3 Å². The Hall–Kier alpha value is -3.34. The number of aliphatic hydroxyl groups excluding tert-OH is 1. The number of rotatable bonds is 4. The fourth-order valence-corrected chi connectivity index (χ4v) is 8.71. The highest BCUT2D eigenvalue weighted by Crippen LogP contribution is 2.60. The quantitative estimate of drug-likeness (QED) is 0.400. The van der Waals surface area contributed by atoms with Crippen LogP contribution in [-0.2, 0) is 11.3 Å². The molecular formula is C37H46ClN5O4. The van der Waals surface area contributed by atoms with Crippen LogP contribution in [0.2, 0.25) is 5.02 Å². The minimum Gasteiger partial charge on any atom is -0.489 e. The van der Waals surface area contributed by atoms with E-state index in [1.165, 1.54) is 0 Å². The van der Waals surface area contributed by atoms with Gasteiger partial charge in [-0.05, 0) is 57.7 Å². The molecule has 3 aliphatic heterocycles. The van der Waals surface area contributed by atoms with E-state index in [2.05, 4.69) is 55.4 Å². The van der Waals surface area contributed by atoms with Crippen molar-refractivity contribution in [2.75, 3.05) is 26.2 Å². The first kappa shape index (κ1) is 33.6. The standard InChI is InChI=1S/C37H46ClN5O4/c1-35(2,3)47-34(45)41-16-14-26(15-17-41)42-20-23(21-42)8-10-25-11-13-28-30(40-25)22-43(31(28)44)32-36(4,5)33(37(32,6)7)46-27-12-9-24(19-39)29(38)18-27/h9,11-13,18,23,26,31-33,44H,14-17,20-22H2,1-7H3/t31?,32-,33-. The molecule has 250 valence electrons. The number of carbonyl (C=O) groups excluding carboxylic acids is 1. The lowest BCUT2D eigenvalue weighted by atomic mass is 9.49. The SMILES string of the molecule is CC(C)(C)OC(=O)N1CCC(N2CC(C#Cc3ccc4c(n3)CN([C@H]3C(C)(C)[C@H](Oc5ccc(C#N)c(Cl)c5)C3(C)C)C4O)C2)CC1. The third-order valence-corrected chi connectivity index (χ3v) is 10.6. The molecule has 1 saturated carbocycles. The summed E-state index contributed by atoms with van der Waals surface area (Å²) >= 11 is 6.27. The fourth-order valence-electron chi connectivity index (χ4n) is 8.49. The minimum atomic E-state index is -0.754. The van der Waals surface area contributed by atoms with Crippen molar-refractivity contribution in [1.82, 2.24) is 19.7 Å². The monoisotopic (exact) mass is 659 g/mol. The average Bonchev–Trinajstić information content (AvgIpc) is 3.28. The number of aromatic nitrogens is 1. The van der Waals surface area contributed by atoms with E-state index < -0.39 is 11.8 Å². The number of hydrogen-bond acceptors (Lipinski definition) is 8. The Balaban J connectivity index is 1.04. The van der Waals surface area contributed by atoms with Crippen molar-refractivity contribution >= 4 is 17.7 Å². The first-order valence-electron chi connectivity index (χ1n) is 16.6. The molecule has 4 heterocycles. The minimum absolute atomic E-state index is 0.0320. The molecule has 10 heteroatoms. The molecule has 1 unspecified atom stereocenters. The third kappa shape index (κ3) is 6.44. The maximum atomic E-state index is 12.4. The van der Waals surface area contributed by atoms with Crippen molar-refractivity contribution in [1.29, 1.82) is 5.26 Å². The van der Waals surface area contributed by atoms with E-state index in [-0.39, 0.29) is 29.1 Å². The number of pyridine rings is 1. The number of amides is 1. The number of fused-ring (bicyclic) bond motifs is 1. The Bertz CT molecular complexity index is 1620. The summed E-state index contributed by atoms with van der Waals surface area (Å²) in [6, 6.07) is 11.6. The zero-order valence-corrected chi connectivity index (χ0v) is 29.3. The molecular weight excluding hydrogens is 614 g/mol. The van der Waals surface area contributed by atoms with Gasteiger partial charge in [-0.3, -0.25) is 9.80 Å². The predicted octanol–water partition coefficient (Wildman–Crippen LogP) is 5.98. The summed E-state index contributed by atoms with van der Waals surface area (Å²) in [5.74, 6) is 7.66. The van der Waals surface area contributed by atoms with Gasteiger partial charge in [0.1, 0.15) is 35.4 Å². The van der Waals surface area contributed by atoms with Crippen LogP contribution in [-0.4, -0.2) is 80.9 Å². The van der Waals surface area contributed by atoms with Gasteiger partial charge < -0.3 is 19.5 Å². The van der Waals surface area contributed by atoms with E-state index in [4.69, 9.17) is 26.1 Å². The number of halogens is 1. The van der Waals surface area contributed by atoms with Gasteiger partial charge in [0, 0.05) is 73.2 Å². The summed E-state index contributed by atoms with van der Waals surface area (Å²) in [5, 5.41) is 21.0. The summed E-state index contributed by atoms with van der Waals surface area (Å²) in [4.78, 5) is 23.7. The van der Waals surface area contributed by atoms with Crippen LogP contribution in [0.4, 0.5) is 4.79 Å². The Morgan fingerprint density at radius 2 is 1.77 bits per heavy atom. The molecule has 6 rings (SSSR count). The van der Waals surface area contributed by atoms with Gasteiger partial charge >= 0.3 is 6.09 Å². The molecule has 2 saturated heterocycles. The average molecular weight is 660 g/mol. The molecule has 0 spiro atoms. The molecule has 47 heavy (non-hydrogen) atoms. The number of nitriles is 1. The van der Waals surface area contributed by atoms with E-state index in [0.717, 1.165) is 56.0 Å². The van der Waals surface area contributed by atoms with Gasteiger partial charge in [0.15, 0.2) is 0 Å². The smallest absolute Gasteiger partial charge is 0.410 e. The molecule has 0 bridgehead atoms. The second-order valence-corrected chi connectivity index (χ2v) is 16.1. The molecule has 1 aromatic heterocycles. The highest BCUT2D eigenvalue weighted by molar-refractivity contribution is 6.31. The van der Waals surface area contributed by atoms with Gasteiger partial charge in [-0.1, -0.05) is 51.3 Å². The summed E-state index contributed by atoms with van der Waals surface area (Å²) < 4.78 is 12.0. The molecule has 2 aromatic rings. The number of likely N-dealkylation sites (tertiary alicyclic amines) is 2. The Kier molecular flexibility index (Phi) is 8.76. The zero-order chi connectivity index (χ0) is 33.9. The van der Waals surface area contributed by atoms with Crippen LogP contribution in [0.25, 0.3) is 0 Å². The second-order valence-electron chi connectivity index (χ2n) is 15.7. The number of nitrogens with zero attached hydrogens (tertiary/aromatic N) is 5. The van der Waals surface area contributed by atoms with E-state index in [1.807, 2.05) is 37.8 Å². The zero-order valence-electron chi connectivity index (χ0n) is 28.5. The van der Waals surface area contributed by atoms with Crippen molar-refractivity contribution < 1.29 is 19.4 Å². The van der Waals surface area contributed by atoms with Crippen LogP contribution < -0.4 is 4.74 Å². The first-order chi connectivity index (χ1) is 22.1. The molecule has 1 aliphatic carbocycles. The Morgan fingerprint density at radius 3 is 2.38 bits per heavy atom. The van der Waals surface area contributed by atoms with Gasteiger partial charge in [0.2, 0.25) is 0 Å². The van der Waals surface area contributed by atoms with Crippen LogP contribution in [0.5, 0.6) is 5.75 Å². The summed E-state index contributed by atoms with van der Waals surface area (Å²) in [6.45, 7) is 18.2. The maximum absolute atomic E-state index is 12.4. The van der Waals surface area contributed by atoms with Gasteiger partial charge in [0.25, 0.3) is 0 Å². The topological polar surface area (TPSA) is 102 Å². The molecule has 0 radical (unpaired) electrons. The van der Waals surface area contributed by atoms with Crippen LogP contribution in [0.3, 0.4) is 0 Å². The van der Waals surface area contributed by atoms with Crippen molar-refractivity contribution in [2.45, 2.75) is 97.9 Å².